The first-order valence-electron chi connectivity index (χ1n) is 8.24. The molecule has 1 saturated carbocycles. The summed E-state index contributed by atoms with van der Waals surface area (Å²) in [4.78, 5) is 25.4. The number of piperidine rings is 1. The largest absolute Gasteiger partial charge is 0.352 e. The number of hydrogen-bond donors (Lipinski definition) is 3. The van der Waals surface area contributed by atoms with Crippen molar-refractivity contribution in [2.24, 2.45) is 11.7 Å². The maximum absolute atomic E-state index is 12.6. The third-order valence-corrected chi connectivity index (χ3v) is 5.31. The van der Waals surface area contributed by atoms with Crippen LogP contribution in [0.3, 0.4) is 0 Å². The summed E-state index contributed by atoms with van der Waals surface area (Å²) in [5, 5.41) is 6.29. The quantitative estimate of drug-likeness (QED) is 0.695. The van der Waals surface area contributed by atoms with Gasteiger partial charge in [0.15, 0.2) is 0 Å². The average molecular weight is 294 g/mol. The van der Waals surface area contributed by atoms with Crippen LogP contribution in [0.1, 0.15) is 44.9 Å². The van der Waals surface area contributed by atoms with Gasteiger partial charge in [-0.15, -0.1) is 0 Å². The molecule has 2 saturated heterocycles. The number of carbonyl (C=O) groups excluding carboxylic acids is 2. The van der Waals surface area contributed by atoms with Crippen LogP contribution < -0.4 is 16.4 Å². The number of primary amides is 1. The number of nitrogens with two attached hydrogens (primary N) is 1. The van der Waals surface area contributed by atoms with E-state index in [9.17, 15) is 9.59 Å². The molecule has 3 fully saturated rings. The fraction of sp³-hybridized carbons (Fsp3) is 0.867. The first-order chi connectivity index (χ1) is 10.1. The molecule has 3 aliphatic rings. The number of urea groups is 1. The standard InChI is InChI=1S/C15H26N4O2/c16-15(21)17-11-5-7-19(8-6-11)14(20)13-9-10-3-1-2-4-12(10)18-13/h10-13,18H,1-9H2,(H3,16,17,21). The van der Waals surface area contributed by atoms with Crippen molar-refractivity contribution >= 4 is 11.9 Å². The van der Waals surface area contributed by atoms with Gasteiger partial charge < -0.3 is 21.3 Å². The lowest BCUT2D eigenvalue weighted by Crippen LogP contribution is -2.52. The Labute approximate surface area is 125 Å². The van der Waals surface area contributed by atoms with E-state index < -0.39 is 6.03 Å². The van der Waals surface area contributed by atoms with Gasteiger partial charge in [0.2, 0.25) is 5.91 Å². The predicted molar refractivity (Wildman–Crippen MR) is 79.6 cm³/mol. The fourth-order valence-electron chi connectivity index (χ4n) is 4.18. The summed E-state index contributed by atoms with van der Waals surface area (Å²) in [6.07, 6.45) is 7.70. The van der Waals surface area contributed by atoms with Gasteiger partial charge in [-0.2, -0.15) is 0 Å². The summed E-state index contributed by atoms with van der Waals surface area (Å²) in [7, 11) is 0. The third kappa shape index (κ3) is 3.31. The Morgan fingerprint density at radius 3 is 2.48 bits per heavy atom. The molecule has 3 rings (SSSR count). The second-order valence-electron chi connectivity index (χ2n) is 6.71. The lowest BCUT2D eigenvalue weighted by Gasteiger charge is -2.33. The van der Waals surface area contributed by atoms with Crippen LogP contribution in [0.25, 0.3) is 0 Å². The van der Waals surface area contributed by atoms with Crippen LogP contribution in [0.15, 0.2) is 0 Å². The normalized spacial score (nSPS) is 33.5. The second-order valence-corrected chi connectivity index (χ2v) is 6.71. The molecular weight excluding hydrogens is 268 g/mol. The number of fused-ring (bicyclic) bond motifs is 1. The molecular formula is C15H26N4O2. The van der Waals surface area contributed by atoms with Crippen LogP contribution in [-0.4, -0.2) is 48.1 Å². The van der Waals surface area contributed by atoms with Gasteiger partial charge >= 0.3 is 6.03 Å². The maximum Gasteiger partial charge on any atom is 0.312 e. The smallest absolute Gasteiger partial charge is 0.312 e. The number of nitrogens with zero attached hydrogens (tertiary/aromatic N) is 1. The van der Waals surface area contributed by atoms with Crippen LogP contribution in [0.4, 0.5) is 4.79 Å². The van der Waals surface area contributed by atoms with E-state index in [2.05, 4.69) is 10.6 Å². The highest BCUT2D eigenvalue weighted by Gasteiger charge is 2.40. The van der Waals surface area contributed by atoms with Crippen LogP contribution in [-0.2, 0) is 4.79 Å². The molecule has 3 unspecified atom stereocenters. The molecule has 0 spiro atoms. The van der Waals surface area contributed by atoms with Crippen molar-refractivity contribution in [3.63, 3.8) is 0 Å². The maximum atomic E-state index is 12.6. The van der Waals surface area contributed by atoms with E-state index in [1.165, 1.54) is 25.7 Å². The molecule has 6 heteroatoms. The van der Waals surface area contributed by atoms with Crippen LogP contribution in [0, 0.1) is 5.92 Å². The van der Waals surface area contributed by atoms with Crippen molar-refractivity contribution in [3.8, 4) is 0 Å². The van der Waals surface area contributed by atoms with Crippen molar-refractivity contribution in [3.05, 3.63) is 0 Å². The van der Waals surface area contributed by atoms with Gasteiger partial charge in [0.25, 0.3) is 0 Å². The monoisotopic (exact) mass is 294 g/mol. The van der Waals surface area contributed by atoms with Gasteiger partial charge in [0.1, 0.15) is 0 Å². The van der Waals surface area contributed by atoms with Gasteiger partial charge in [0, 0.05) is 25.2 Å². The van der Waals surface area contributed by atoms with E-state index in [1.54, 1.807) is 0 Å². The predicted octanol–water partition coefficient (Wildman–Crippen LogP) is 0.566. The van der Waals surface area contributed by atoms with E-state index in [0.717, 1.165) is 32.4 Å². The minimum atomic E-state index is -0.471. The van der Waals surface area contributed by atoms with E-state index >= 15 is 0 Å². The highest BCUT2D eigenvalue weighted by Crippen LogP contribution is 2.33. The molecule has 0 aromatic rings. The molecule has 2 aliphatic heterocycles. The number of nitrogens with one attached hydrogen (secondary N) is 2. The Morgan fingerprint density at radius 2 is 1.81 bits per heavy atom. The summed E-state index contributed by atoms with van der Waals surface area (Å²) in [6.45, 7) is 1.44. The minimum Gasteiger partial charge on any atom is -0.352 e. The molecule has 118 valence electrons. The van der Waals surface area contributed by atoms with E-state index in [-0.39, 0.29) is 18.0 Å². The molecule has 0 radical (unpaired) electrons. The van der Waals surface area contributed by atoms with Gasteiger partial charge in [-0.05, 0) is 38.0 Å². The SMILES string of the molecule is NC(=O)NC1CCN(C(=O)C2CC3CCCCC3N2)CC1. The van der Waals surface area contributed by atoms with Crippen LogP contribution in [0.5, 0.6) is 0 Å². The molecule has 2 heterocycles. The summed E-state index contributed by atoms with van der Waals surface area (Å²) < 4.78 is 0. The number of hydrogen-bond acceptors (Lipinski definition) is 3. The van der Waals surface area contributed by atoms with Crippen molar-refractivity contribution in [2.45, 2.75) is 63.1 Å². The van der Waals surface area contributed by atoms with Crippen molar-refractivity contribution in [1.82, 2.24) is 15.5 Å². The number of carbonyl (C=O) groups is 2. The lowest BCUT2D eigenvalue weighted by atomic mass is 9.85. The van der Waals surface area contributed by atoms with Gasteiger partial charge in [-0.1, -0.05) is 12.8 Å². The molecule has 3 amide bonds. The molecule has 1 aliphatic carbocycles. The third-order valence-electron chi connectivity index (χ3n) is 5.31. The summed E-state index contributed by atoms with van der Waals surface area (Å²) in [5.41, 5.74) is 5.14. The second kappa shape index (κ2) is 6.22. The summed E-state index contributed by atoms with van der Waals surface area (Å²) in [5.74, 6) is 0.948. The van der Waals surface area contributed by atoms with Crippen LogP contribution in [0.2, 0.25) is 0 Å². The lowest BCUT2D eigenvalue weighted by molar-refractivity contribution is -0.134. The average Bonchev–Trinajstić information content (AvgIpc) is 2.90. The van der Waals surface area contributed by atoms with Gasteiger partial charge in [-0.25, -0.2) is 4.79 Å². The Balaban J connectivity index is 1.49. The zero-order valence-corrected chi connectivity index (χ0v) is 12.5. The van der Waals surface area contributed by atoms with Crippen molar-refractivity contribution in [1.29, 1.82) is 0 Å². The molecule has 4 N–H and O–H groups in total. The summed E-state index contributed by atoms with van der Waals surface area (Å²) >= 11 is 0. The number of rotatable bonds is 2. The zero-order chi connectivity index (χ0) is 14.8. The Morgan fingerprint density at radius 1 is 1.10 bits per heavy atom. The topological polar surface area (TPSA) is 87.5 Å². The first kappa shape index (κ1) is 14.6. The number of amides is 3. The Hall–Kier alpha value is -1.30. The van der Waals surface area contributed by atoms with E-state index in [4.69, 9.17) is 5.73 Å². The molecule has 3 atom stereocenters. The zero-order valence-electron chi connectivity index (χ0n) is 12.5. The number of likely N-dealkylation sites (tertiary alicyclic amines) is 1. The highest BCUT2D eigenvalue weighted by molar-refractivity contribution is 5.82. The minimum absolute atomic E-state index is 0.0127. The fourth-order valence-corrected chi connectivity index (χ4v) is 4.18. The van der Waals surface area contributed by atoms with Crippen molar-refractivity contribution in [2.75, 3.05) is 13.1 Å². The summed E-state index contributed by atoms with van der Waals surface area (Å²) in [6, 6.07) is 0.215. The molecule has 0 bridgehead atoms. The molecule has 21 heavy (non-hydrogen) atoms. The van der Waals surface area contributed by atoms with Gasteiger partial charge in [0.05, 0.1) is 6.04 Å². The van der Waals surface area contributed by atoms with Crippen LogP contribution >= 0.6 is 0 Å². The van der Waals surface area contributed by atoms with E-state index in [1.807, 2.05) is 4.90 Å². The first-order valence-corrected chi connectivity index (χ1v) is 8.24. The molecule has 0 aromatic heterocycles. The molecule has 6 nitrogen and oxygen atoms in total. The highest BCUT2D eigenvalue weighted by atomic mass is 16.2. The van der Waals surface area contributed by atoms with Crippen molar-refractivity contribution < 1.29 is 9.59 Å². The Bertz CT molecular complexity index is 392. The molecule has 0 aromatic carbocycles. The Kier molecular flexibility index (Phi) is 4.33. The van der Waals surface area contributed by atoms with E-state index in [0.29, 0.717) is 12.0 Å². The van der Waals surface area contributed by atoms with Gasteiger partial charge in [-0.3, -0.25) is 4.79 Å².